The van der Waals surface area contributed by atoms with Crippen LogP contribution in [0.2, 0.25) is 0 Å². The molecule has 2 heterocycles. The first-order valence-corrected chi connectivity index (χ1v) is 8.36. The Kier molecular flexibility index (Phi) is 4.31. The Labute approximate surface area is 146 Å². The van der Waals surface area contributed by atoms with E-state index in [1.54, 1.807) is 12.5 Å². The summed E-state index contributed by atoms with van der Waals surface area (Å²) in [4.78, 5) is 19.1. The molecule has 25 heavy (non-hydrogen) atoms. The monoisotopic (exact) mass is 333 g/mol. The lowest BCUT2D eigenvalue weighted by molar-refractivity contribution is -0.0230. The van der Waals surface area contributed by atoms with Crippen LogP contribution in [-0.4, -0.2) is 40.1 Å². The normalized spacial score (nSPS) is 17.4. The van der Waals surface area contributed by atoms with Gasteiger partial charge in [0.15, 0.2) is 0 Å². The van der Waals surface area contributed by atoms with Crippen LogP contribution in [-0.2, 0) is 4.74 Å². The number of ether oxygens (including phenoxy) is 1. The van der Waals surface area contributed by atoms with Crippen molar-refractivity contribution in [3.63, 3.8) is 0 Å². The fourth-order valence-electron chi connectivity index (χ4n) is 3.11. The molecule has 1 aliphatic rings. The van der Waals surface area contributed by atoms with Crippen molar-refractivity contribution in [2.75, 3.05) is 19.7 Å². The number of hydrogen-bond acceptors (Lipinski definition) is 3. The number of imidazole rings is 1. The molecular formula is C20H19N3O2. The van der Waals surface area contributed by atoms with Crippen molar-refractivity contribution in [1.29, 1.82) is 0 Å². The number of benzene rings is 2. The molecule has 1 atom stereocenters. The van der Waals surface area contributed by atoms with E-state index in [9.17, 15) is 4.79 Å². The second-order valence-electron chi connectivity index (χ2n) is 6.01. The van der Waals surface area contributed by atoms with Crippen LogP contribution in [0.4, 0.5) is 0 Å². The van der Waals surface area contributed by atoms with Crippen LogP contribution in [0.5, 0.6) is 0 Å². The fourth-order valence-corrected chi connectivity index (χ4v) is 3.11. The first-order valence-electron chi connectivity index (χ1n) is 8.36. The maximum Gasteiger partial charge on any atom is 0.272 e. The number of nitrogens with zero attached hydrogens (tertiary/aromatic N) is 3. The summed E-state index contributed by atoms with van der Waals surface area (Å²) >= 11 is 0. The van der Waals surface area contributed by atoms with E-state index in [1.165, 1.54) is 0 Å². The number of carbonyl (C=O) groups excluding carboxylic acids is 1. The Morgan fingerprint density at radius 2 is 1.76 bits per heavy atom. The molecule has 1 fully saturated rings. The number of carbonyl (C=O) groups is 1. The maximum absolute atomic E-state index is 13.0. The van der Waals surface area contributed by atoms with Crippen molar-refractivity contribution in [2.45, 2.75) is 6.10 Å². The van der Waals surface area contributed by atoms with E-state index in [0.29, 0.717) is 25.4 Å². The molecule has 1 amide bonds. The van der Waals surface area contributed by atoms with Gasteiger partial charge in [-0.05, 0) is 17.7 Å². The predicted octanol–water partition coefficient (Wildman–Crippen LogP) is 3.09. The quantitative estimate of drug-likeness (QED) is 0.740. The molecule has 4 rings (SSSR count). The lowest BCUT2D eigenvalue weighted by Crippen LogP contribution is -2.42. The van der Waals surface area contributed by atoms with Crippen molar-refractivity contribution in [3.8, 4) is 5.69 Å². The summed E-state index contributed by atoms with van der Waals surface area (Å²) in [5, 5.41) is 0. The highest BCUT2D eigenvalue weighted by molar-refractivity contribution is 5.93. The molecule has 3 aromatic rings. The lowest BCUT2D eigenvalue weighted by atomic mass is 10.1. The molecule has 0 radical (unpaired) electrons. The summed E-state index contributed by atoms with van der Waals surface area (Å²) in [5.41, 5.74) is 2.59. The summed E-state index contributed by atoms with van der Waals surface area (Å²) in [7, 11) is 0. The molecule has 0 N–H and O–H groups in total. The highest BCUT2D eigenvalue weighted by Gasteiger charge is 2.27. The van der Waals surface area contributed by atoms with Crippen LogP contribution in [0.3, 0.4) is 0 Å². The third-order valence-corrected chi connectivity index (χ3v) is 4.42. The minimum Gasteiger partial charge on any atom is -0.370 e. The molecular weight excluding hydrogens is 314 g/mol. The average Bonchev–Trinajstić information content (AvgIpc) is 3.19. The number of hydrogen-bond donors (Lipinski definition) is 0. The summed E-state index contributed by atoms with van der Waals surface area (Å²) in [6.07, 6.45) is 3.21. The van der Waals surface area contributed by atoms with Crippen molar-refractivity contribution < 1.29 is 9.53 Å². The molecule has 0 aliphatic carbocycles. The van der Waals surface area contributed by atoms with E-state index >= 15 is 0 Å². The van der Waals surface area contributed by atoms with Crippen LogP contribution >= 0.6 is 0 Å². The molecule has 5 nitrogen and oxygen atoms in total. The molecule has 0 bridgehead atoms. The van der Waals surface area contributed by atoms with Gasteiger partial charge in [0.05, 0.1) is 25.7 Å². The van der Waals surface area contributed by atoms with Crippen LogP contribution in [0, 0.1) is 0 Å². The molecule has 0 unspecified atom stereocenters. The number of morpholine rings is 1. The largest absolute Gasteiger partial charge is 0.370 e. The third kappa shape index (κ3) is 3.19. The zero-order chi connectivity index (χ0) is 17.1. The van der Waals surface area contributed by atoms with Crippen molar-refractivity contribution in [3.05, 3.63) is 84.4 Å². The zero-order valence-corrected chi connectivity index (χ0v) is 13.8. The second kappa shape index (κ2) is 6.91. The van der Waals surface area contributed by atoms with Gasteiger partial charge < -0.3 is 9.64 Å². The Bertz CT molecular complexity index is 846. The van der Waals surface area contributed by atoms with E-state index in [2.05, 4.69) is 4.98 Å². The predicted molar refractivity (Wildman–Crippen MR) is 94.6 cm³/mol. The van der Waals surface area contributed by atoms with Gasteiger partial charge in [0.2, 0.25) is 0 Å². The second-order valence-corrected chi connectivity index (χ2v) is 6.01. The maximum atomic E-state index is 13.0. The average molecular weight is 333 g/mol. The third-order valence-electron chi connectivity index (χ3n) is 4.42. The van der Waals surface area contributed by atoms with Gasteiger partial charge >= 0.3 is 0 Å². The van der Waals surface area contributed by atoms with Crippen LogP contribution in [0.15, 0.2) is 73.2 Å². The minimum absolute atomic E-state index is 0.0226. The summed E-state index contributed by atoms with van der Waals surface area (Å²) in [6.45, 7) is 1.66. The Balaban J connectivity index is 1.57. The molecule has 126 valence electrons. The molecule has 0 saturated carbocycles. The van der Waals surface area contributed by atoms with Crippen LogP contribution in [0.25, 0.3) is 5.69 Å². The van der Waals surface area contributed by atoms with E-state index < -0.39 is 0 Å². The van der Waals surface area contributed by atoms with E-state index in [0.717, 1.165) is 11.3 Å². The van der Waals surface area contributed by atoms with Gasteiger partial charge in [0.1, 0.15) is 11.8 Å². The van der Waals surface area contributed by atoms with Crippen molar-refractivity contribution >= 4 is 5.91 Å². The summed E-state index contributed by atoms with van der Waals surface area (Å²) in [5.74, 6) is -0.0226. The first kappa shape index (κ1) is 15.6. The number of rotatable bonds is 3. The SMILES string of the molecule is O=C(c1cncn1-c1ccccc1)N1CCO[C@@H](c2ccccc2)C1. The van der Waals surface area contributed by atoms with E-state index in [-0.39, 0.29) is 12.0 Å². The summed E-state index contributed by atoms with van der Waals surface area (Å²) < 4.78 is 7.69. The Morgan fingerprint density at radius 1 is 1.04 bits per heavy atom. The van der Waals surface area contributed by atoms with E-state index in [1.807, 2.05) is 70.1 Å². The topological polar surface area (TPSA) is 47.4 Å². The molecule has 5 heteroatoms. The minimum atomic E-state index is -0.0907. The standard InChI is InChI=1S/C20H19N3O2/c24-20(18-13-21-15-23(18)17-9-5-2-6-10-17)22-11-12-25-19(14-22)16-7-3-1-4-8-16/h1-10,13,15,19H,11-12,14H2/t19-/m1/s1. The molecule has 1 aliphatic heterocycles. The van der Waals surface area contributed by atoms with Crippen LogP contribution in [0.1, 0.15) is 22.2 Å². The zero-order valence-electron chi connectivity index (χ0n) is 13.8. The number of amides is 1. The lowest BCUT2D eigenvalue weighted by Gasteiger charge is -2.33. The fraction of sp³-hybridized carbons (Fsp3) is 0.200. The number of para-hydroxylation sites is 1. The highest BCUT2D eigenvalue weighted by atomic mass is 16.5. The highest BCUT2D eigenvalue weighted by Crippen LogP contribution is 2.23. The first-order chi connectivity index (χ1) is 12.3. The van der Waals surface area contributed by atoms with E-state index in [4.69, 9.17) is 4.74 Å². The van der Waals surface area contributed by atoms with Gasteiger partial charge in [0.25, 0.3) is 5.91 Å². The van der Waals surface area contributed by atoms with Gasteiger partial charge in [-0.25, -0.2) is 4.98 Å². The van der Waals surface area contributed by atoms with Crippen LogP contribution < -0.4 is 0 Å². The van der Waals surface area contributed by atoms with Gasteiger partial charge in [-0.1, -0.05) is 48.5 Å². The van der Waals surface area contributed by atoms with Gasteiger partial charge in [-0.15, -0.1) is 0 Å². The molecule has 1 aromatic heterocycles. The smallest absolute Gasteiger partial charge is 0.272 e. The van der Waals surface area contributed by atoms with Gasteiger partial charge in [-0.3, -0.25) is 9.36 Å². The van der Waals surface area contributed by atoms with Crippen molar-refractivity contribution in [2.24, 2.45) is 0 Å². The molecule has 1 saturated heterocycles. The summed E-state index contributed by atoms with van der Waals surface area (Å²) in [6, 6.07) is 19.8. The number of aromatic nitrogens is 2. The van der Waals surface area contributed by atoms with Gasteiger partial charge in [0, 0.05) is 12.2 Å². The molecule has 0 spiro atoms. The van der Waals surface area contributed by atoms with Crippen molar-refractivity contribution in [1.82, 2.24) is 14.5 Å². The molecule has 2 aromatic carbocycles. The van der Waals surface area contributed by atoms with Gasteiger partial charge in [-0.2, -0.15) is 0 Å². The Hall–Kier alpha value is -2.92. The Morgan fingerprint density at radius 3 is 2.52 bits per heavy atom.